The minimum Gasteiger partial charge on any atom is -0.466 e. The second-order valence-corrected chi connectivity index (χ2v) is 4.87. The maximum atomic E-state index is 11.2. The summed E-state index contributed by atoms with van der Waals surface area (Å²) < 4.78 is 4.77. The Bertz CT molecular complexity index is 409. The van der Waals surface area contributed by atoms with E-state index in [2.05, 4.69) is 10.3 Å². The highest BCUT2D eigenvalue weighted by Gasteiger charge is 2.14. The molecule has 0 unspecified atom stereocenters. The molecule has 5 nitrogen and oxygen atoms in total. The number of halogens is 2. The fraction of sp³-hybridized carbons (Fsp3) is 0.444. The van der Waals surface area contributed by atoms with Crippen molar-refractivity contribution in [1.29, 1.82) is 0 Å². The summed E-state index contributed by atoms with van der Waals surface area (Å²) in [6, 6.07) is 0. The van der Waals surface area contributed by atoms with Gasteiger partial charge in [0, 0.05) is 5.38 Å². The molecule has 0 aliphatic heterocycles. The van der Waals surface area contributed by atoms with E-state index >= 15 is 0 Å². The van der Waals surface area contributed by atoms with Crippen molar-refractivity contribution >= 4 is 51.5 Å². The van der Waals surface area contributed by atoms with Gasteiger partial charge in [0.05, 0.1) is 18.7 Å². The van der Waals surface area contributed by atoms with Crippen LogP contribution in [0.3, 0.4) is 0 Å². The van der Waals surface area contributed by atoms with Crippen LogP contribution >= 0.6 is 34.5 Å². The van der Waals surface area contributed by atoms with Crippen LogP contribution in [-0.2, 0) is 20.7 Å². The third-order valence-corrected chi connectivity index (χ3v) is 2.81. The number of nitrogens with zero attached hydrogens (tertiary/aromatic N) is 1. The van der Waals surface area contributed by atoms with E-state index in [1.54, 1.807) is 12.3 Å². The summed E-state index contributed by atoms with van der Waals surface area (Å²) >= 11 is 11.9. The van der Waals surface area contributed by atoms with Crippen LogP contribution in [0.25, 0.3) is 0 Å². The van der Waals surface area contributed by atoms with Crippen LogP contribution in [0.1, 0.15) is 12.6 Å². The van der Waals surface area contributed by atoms with Crippen LogP contribution in [0.15, 0.2) is 5.38 Å². The third kappa shape index (κ3) is 4.89. The van der Waals surface area contributed by atoms with Gasteiger partial charge in [-0.2, -0.15) is 0 Å². The van der Waals surface area contributed by atoms with Crippen molar-refractivity contribution in [2.75, 3.05) is 11.9 Å². The van der Waals surface area contributed by atoms with Crippen LogP contribution in [0.4, 0.5) is 5.13 Å². The van der Waals surface area contributed by atoms with E-state index in [-0.39, 0.29) is 12.4 Å². The van der Waals surface area contributed by atoms with E-state index in [1.807, 2.05) is 0 Å². The zero-order valence-electron chi connectivity index (χ0n) is 8.91. The fourth-order valence-electron chi connectivity index (χ4n) is 0.965. The number of hydrogen-bond donors (Lipinski definition) is 1. The van der Waals surface area contributed by atoms with Crippen LogP contribution in [0.2, 0.25) is 0 Å². The molecule has 17 heavy (non-hydrogen) atoms. The van der Waals surface area contributed by atoms with Crippen molar-refractivity contribution < 1.29 is 14.3 Å². The Morgan fingerprint density at radius 3 is 2.88 bits per heavy atom. The molecular formula is C9H10Cl2N2O3S. The van der Waals surface area contributed by atoms with Crippen molar-refractivity contribution in [3.8, 4) is 0 Å². The van der Waals surface area contributed by atoms with Gasteiger partial charge >= 0.3 is 5.97 Å². The van der Waals surface area contributed by atoms with Gasteiger partial charge in [0.2, 0.25) is 0 Å². The lowest BCUT2D eigenvalue weighted by molar-refractivity contribution is -0.142. The Hall–Kier alpha value is -0.850. The quantitative estimate of drug-likeness (QED) is 0.666. The number of amides is 1. The molecule has 94 valence electrons. The highest BCUT2D eigenvalue weighted by Crippen LogP contribution is 2.17. The number of rotatable bonds is 5. The van der Waals surface area contributed by atoms with E-state index in [9.17, 15) is 9.59 Å². The number of esters is 1. The smallest absolute Gasteiger partial charge is 0.311 e. The van der Waals surface area contributed by atoms with Gasteiger partial charge in [0.1, 0.15) is 0 Å². The standard InChI is InChI=1S/C9H10Cl2N2O3S/c1-2-16-6(14)3-5-4-17-9(12-5)13-8(15)7(10)11/h4,7H,2-3H2,1H3,(H,12,13,15). The lowest BCUT2D eigenvalue weighted by Gasteiger charge is -2.00. The van der Waals surface area contributed by atoms with Crippen molar-refractivity contribution in [3.05, 3.63) is 11.1 Å². The monoisotopic (exact) mass is 296 g/mol. The molecule has 1 rings (SSSR count). The van der Waals surface area contributed by atoms with Crippen molar-refractivity contribution in [3.63, 3.8) is 0 Å². The Kier molecular flexibility index (Phi) is 5.67. The summed E-state index contributed by atoms with van der Waals surface area (Å²) in [6.45, 7) is 2.05. The largest absolute Gasteiger partial charge is 0.466 e. The van der Waals surface area contributed by atoms with Gasteiger partial charge in [-0.15, -0.1) is 11.3 Å². The zero-order valence-corrected chi connectivity index (χ0v) is 11.2. The Labute approximate surface area is 112 Å². The second-order valence-electron chi connectivity index (χ2n) is 2.92. The molecule has 0 spiro atoms. The first kappa shape index (κ1) is 14.2. The Morgan fingerprint density at radius 1 is 1.59 bits per heavy atom. The van der Waals surface area contributed by atoms with Gasteiger partial charge in [-0.25, -0.2) is 4.98 Å². The molecule has 0 bridgehead atoms. The lowest BCUT2D eigenvalue weighted by atomic mass is 10.3. The Balaban J connectivity index is 2.53. The van der Waals surface area contributed by atoms with E-state index in [4.69, 9.17) is 27.9 Å². The van der Waals surface area contributed by atoms with Crippen molar-refractivity contribution in [1.82, 2.24) is 4.98 Å². The number of hydrogen-bond acceptors (Lipinski definition) is 5. The topological polar surface area (TPSA) is 68.3 Å². The summed E-state index contributed by atoms with van der Waals surface area (Å²) in [6.07, 6.45) is 0.0748. The number of aromatic nitrogens is 1. The van der Waals surface area contributed by atoms with Gasteiger partial charge in [-0.1, -0.05) is 23.2 Å². The predicted molar refractivity (Wildman–Crippen MR) is 66.6 cm³/mol. The van der Waals surface area contributed by atoms with Gasteiger partial charge in [-0.05, 0) is 6.92 Å². The molecule has 1 N–H and O–H groups in total. The van der Waals surface area contributed by atoms with Gasteiger partial charge in [-0.3, -0.25) is 14.9 Å². The van der Waals surface area contributed by atoms with Crippen molar-refractivity contribution in [2.24, 2.45) is 0 Å². The van der Waals surface area contributed by atoms with Gasteiger partial charge in [0.25, 0.3) is 5.91 Å². The van der Waals surface area contributed by atoms with E-state index < -0.39 is 10.7 Å². The second kappa shape index (κ2) is 6.78. The molecule has 0 saturated heterocycles. The number of carbonyl (C=O) groups is 2. The number of thiazole rings is 1. The number of ether oxygens (including phenoxy) is 1. The van der Waals surface area contributed by atoms with Crippen molar-refractivity contribution in [2.45, 2.75) is 18.2 Å². The molecule has 0 saturated carbocycles. The normalized spacial score (nSPS) is 10.4. The first-order chi connectivity index (χ1) is 8.02. The number of anilines is 1. The molecule has 0 aliphatic carbocycles. The first-order valence-electron chi connectivity index (χ1n) is 4.72. The summed E-state index contributed by atoms with van der Waals surface area (Å²) in [7, 11) is 0. The van der Waals surface area contributed by atoms with Gasteiger partial charge in [0.15, 0.2) is 9.97 Å². The van der Waals surface area contributed by atoms with Crippen LogP contribution in [0.5, 0.6) is 0 Å². The predicted octanol–water partition coefficient (Wildman–Crippen LogP) is 1.99. The summed E-state index contributed by atoms with van der Waals surface area (Å²) in [5, 5.41) is 4.42. The number of alkyl halides is 2. The first-order valence-corrected chi connectivity index (χ1v) is 6.47. The van der Waals surface area contributed by atoms with Crippen LogP contribution in [-0.4, -0.2) is 28.3 Å². The average Bonchev–Trinajstić information content (AvgIpc) is 2.65. The maximum absolute atomic E-state index is 11.2. The zero-order chi connectivity index (χ0) is 12.8. The minimum absolute atomic E-state index is 0.0748. The Morgan fingerprint density at radius 2 is 2.29 bits per heavy atom. The molecule has 0 aliphatic rings. The number of nitrogens with one attached hydrogen (secondary N) is 1. The molecule has 8 heteroatoms. The molecule has 1 amide bonds. The van der Waals surface area contributed by atoms with Crippen LogP contribution in [0, 0.1) is 0 Å². The maximum Gasteiger partial charge on any atom is 0.311 e. The molecule has 0 fully saturated rings. The highest BCUT2D eigenvalue weighted by atomic mass is 35.5. The molecule has 1 aromatic rings. The summed E-state index contributed by atoms with van der Waals surface area (Å²) in [4.78, 5) is 25.2. The van der Waals surface area contributed by atoms with E-state index in [0.717, 1.165) is 0 Å². The number of carbonyl (C=O) groups excluding carboxylic acids is 2. The summed E-state index contributed by atoms with van der Waals surface area (Å²) in [5.74, 6) is -0.909. The molecular weight excluding hydrogens is 287 g/mol. The average molecular weight is 297 g/mol. The van der Waals surface area contributed by atoms with E-state index in [0.29, 0.717) is 17.4 Å². The minimum atomic E-state index is -1.15. The SMILES string of the molecule is CCOC(=O)Cc1csc(NC(=O)C(Cl)Cl)n1. The van der Waals surface area contributed by atoms with E-state index in [1.165, 1.54) is 11.3 Å². The lowest BCUT2D eigenvalue weighted by Crippen LogP contribution is -2.18. The molecule has 0 radical (unpaired) electrons. The molecule has 1 heterocycles. The van der Waals surface area contributed by atoms with Crippen LogP contribution < -0.4 is 5.32 Å². The molecule has 0 atom stereocenters. The fourth-order valence-corrected chi connectivity index (χ4v) is 1.79. The molecule has 0 aromatic carbocycles. The van der Waals surface area contributed by atoms with Gasteiger partial charge < -0.3 is 4.74 Å². The highest BCUT2D eigenvalue weighted by molar-refractivity contribution is 7.14. The third-order valence-electron chi connectivity index (χ3n) is 1.61. The summed E-state index contributed by atoms with van der Waals surface area (Å²) in [5.41, 5.74) is 0.532. The molecule has 1 aromatic heterocycles.